The fourth-order valence-corrected chi connectivity index (χ4v) is 0.845. The van der Waals surface area contributed by atoms with Crippen molar-refractivity contribution in [3.63, 3.8) is 0 Å². The second-order valence-electron chi connectivity index (χ2n) is 2.37. The third kappa shape index (κ3) is 2.98. The van der Waals surface area contributed by atoms with E-state index in [0.717, 1.165) is 11.3 Å². The number of hydrogen-bond donors (Lipinski definition) is 0. The zero-order valence-electron chi connectivity index (χ0n) is 7.79. The first-order valence-electron chi connectivity index (χ1n) is 3.97. The van der Waals surface area contributed by atoms with Gasteiger partial charge in [0.25, 0.3) is 0 Å². The lowest BCUT2D eigenvalue weighted by molar-refractivity contribution is 0.415. The van der Waals surface area contributed by atoms with Crippen molar-refractivity contribution in [1.29, 1.82) is 0 Å². The van der Waals surface area contributed by atoms with E-state index >= 15 is 0 Å². The molecular weight excluding hydrogens is 172 g/mol. The number of rotatable bonds is 1. The molecule has 1 nitrogen and oxygen atoms in total. The van der Waals surface area contributed by atoms with E-state index in [-0.39, 0.29) is 0 Å². The van der Waals surface area contributed by atoms with E-state index in [1.54, 1.807) is 7.11 Å². The summed E-state index contributed by atoms with van der Waals surface area (Å²) in [6, 6.07) is 7.42. The van der Waals surface area contributed by atoms with Crippen LogP contribution in [-0.4, -0.2) is 7.11 Å². The molecule has 66 valence electrons. The summed E-state index contributed by atoms with van der Waals surface area (Å²) in [5.74, 6) is 13.5. The van der Waals surface area contributed by atoms with Gasteiger partial charge in [0.2, 0.25) is 0 Å². The maximum absolute atomic E-state index is 5.01. The lowest BCUT2D eigenvalue weighted by atomic mass is 10.2. The highest BCUT2D eigenvalue weighted by molar-refractivity contribution is 5.43. The molecule has 0 amide bonds. The average molecular weight is 180 g/mol. The van der Waals surface area contributed by atoms with E-state index in [0.29, 0.717) is 0 Å². The molecule has 0 aliphatic heterocycles. The lowest BCUT2D eigenvalue weighted by Crippen LogP contribution is -1.81. The van der Waals surface area contributed by atoms with Gasteiger partial charge in [0, 0.05) is 5.56 Å². The van der Waals surface area contributed by atoms with Gasteiger partial charge < -0.3 is 4.74 Å². The highest BCUT2D eigenvalue weighted by Gasteiger charge is 1.88. The molecule has 0 radical (unpaired) electrons. The number of terminal acetylenes is 1. The molecule has 1 heteroatoms. The van der Waals surface area contributed by atoms with Crippen LogP contribution in [-0.2, 0) is 0 Å². The molecule has 1 aromatic carbocycles. The van der Waals surface area contributed by atoms with Gasteiger partial charge in [0.15, 0.2) is 0 Å². The highest BCUT2D eigenvalue weighted by Crippen LogP contribution is 2.09. The summed E-state index contributed by atoms with van der Waals surface area (Å²) < 4.78 is 5.01. The summed E-state index contributed by atoms with van der Waals surface area (Å²) in [4.78, 5) is 0. The summed E-state index contributed by atoms with van der Waals surface area (Å²) >= 11 is 0. The molecule has 0 spiro atoms. The zero-order chi connectivity index (χ0) is 10.2. The van der Waals surface area contributed by atoms with Gasteiger partial charge in [-0.3, -0.25) is 0 Å². The first-order valence-corrected chi connectivity index (χ1v) is 3.97. The SMILES string of the molecule is C#CC#CC#Cc1ccc(OC)cc1. The van der Waals surface area contributed by atoms with Crippen molar-refractivity contribution in [1.82, 2.24) is 0 Å². The van der Waals surface area contributed by atoms with Crippen molar-refractivity contribution in [2.45, 2.75) is 0 Å². The Labute approximate surface area is 84.1 Å². The third-order valence-electron chi connectivity index (χ3n) is 1.49. The lowest BCUT2D eigenvalue weighted by Gasteiger charge is -1.96. The second kappa shape index (κ2) is 5.36. The molecule has 14 heavy (non-hydrogen) atoms. The maximum Gasteiger partial charge on any atom is 0.118 e. The van der Waals surface area contributed by atoms with Crippen LogP contribution in [0.4, 0.5) is 0 Å². The monoisotopic (exact) mass is 180 g/mol. The number of methoxy groups -OCH3 is 1. The Kier molecular flexibility index (Phi) is 3.75. The number of hydrogen-bond acceptors (Lipinski definition) is 1. The van der Waals surface area contributed by atoms with Crippen LogP contribution >= 0.6 is 0 Å². The molecule has 0 aromatic heterocycles. The van der Waals surface area contributed by atoms with E-state index in [9.17, 15) is 0 Å². The fraction of sp³-hybridized carbons (Fsp3) is 0.0769. The standard InChI is InChI=1S/C13H8O/c1-3-4-5-6-7-12-8-10-13(14-2)11-9-12/h1,8-11H,2H3. The van der Waals surface area contributed by atoms with Crippen molar-refractivity contribution in [3.8, 4) is 41.8 Å². The first kappa shape index (κ1) is 9.79. The minimum absolute atomic E-state index is 0.810. The van der Waals surface area contributed by atoms with Gasteiger partial charge in [0.05, 0.1) is 7.11 Å². The van der Waals surface area contributed by atoms with Crippen molar-refractivity contribution in [2.24, 2.45) is 0 Å². The Bertz CT molecular complexity index is 452. The van der Waals surface area contributed by atoms with Gasteiger partial charge in [-0.15, -0.1) is 6.42 Å². The Morgan fingerprint density at radius 2 is 1.79 bits per heavy atom. The molecule has 0 bridgehead atoms. The second-order valence-corrected chi connectivity index (χ2v) is 2.37. The number of ether oxygens (including phenoxy) is 1. The summed E-state index contributed by atoms with van der Waals surface area (Å²) in [6.07, 6.45) is 4.94. The van der Waals surface area contributed by atoms with Gasteiger partial charge in [-0.25, -0.2) is 0 Å². The predicted octanol–water partition coefficient (Wildman–Crippen LogP) is 1.68. The Morgan fingerprint density at radius 3 is 2.36 bits per heavy atom. The average Bonchev–Trinajstić information content (AvgIpc) is 2.25. The summed E-state index contributed by atoms with van der Waals surface area (Å²) in [5, 5.41) is 0. The van der Waals surface area contributed by atoms with Crippen LogP contribution < -0.4 is 4.74 Å². The normalized spacial score (nSPS) is 7.14. The molecule has 1 rings (SSSR count). The smallest absolute Gasteiger partial charge is 0.118 e. The van der Waals surface area contributed by atoms with Crippen molar-refractivity contribution >= 4 is 0 Å². The highest BCUT2D eigenvalue weighted by atomic mass is 16.5. The van der Waals surface area contributed by atoms with Crippen LogP contribution in [0.15, 0.2) is 24.3 Å². The molecule has 0 saturated heterocycles. The van der Waals surface area contributed by atoms with Crippen molar-refractivity contribution < 1.29 is 4.74 Å². The molecule has 0 heterocycles. The van der Waals surface area contributed by atoms with Crippen molar-refractivity contribution in [2.75, 3.05) is 7.11 Å². The van der Waals surface area contributed by atoms with Gasteiger partial charge in [-0.1, -0.05) is 5.92 Å². The quantitative estimate of drug-likeness (QED) is 0.597. The van der Waals surface area contributed by atoms with E-state index in [2.05, 4.69) is 29.6 Å². The third-order valence-corrected chi connectivity index (χ3v) is 1.49. The van der Waals surface area contributed by atoms with E-state index in [1.165, 1.54) is 0 Å². The molecule has 0 N–H and O–H groups in total. The van der Waals surface area contributed by atoms with Crippen molar-refractivity contribution in [3.05, 3.63) is 29.8 Å². The van der Waals surface area contributed by atoms with Gasteiger partial charge in [-0.05, 0) is 47.9 Å². The van der Waals surface area contributed by atoms with Gasteiger partial charge >= 0.3 is 0 Å². The summed E-state index contributed by atoms with van der Waals surface area (Å²) in [7, 11) is 1.62. The van der Waals surface area contributed by atoms with E-state index in [4.69, 9.17) is 11.2 Å². The molecule has 0 unspecified atom stereocenters. The predicted molar refractivity (Wildman–Crippen MR) is 56.5 cm³/mol. The summed E-state index contributed by atoms with van der Waals surface area (Å²) in [6.45, 7) is 0. The van der Waals surface area contributed by atoms with E-state index < -0.39 is 0 Å². The number of benzene rings is 1. The van der Waals surface area contributed by atoms with Gasteiger partial charge in [-0.2, -0.15) is 0 Å². The molecule has 0 fully saturated rings. The molecule has 0 saturated carbocycles. The van der Waals surface area contributed by atoms with Gasteiger partial charge in [0.1, 0.15) is 5.75 Å². The molecule has 0 atom stereocenters. The minimum Gasteiger partial charge on any atom is -0.497 e. The van der Waals surface area contributed by atoms with Crippen LogP contribution in [0.1, 0.15) is 5.56 Å². The molecule has 0 aliphatic rings. The molecule has 0 aliphatic carbocycles. The summed E-state index contributed by atoms with van der Waals surface area (Å²) in [5.41, 5.74) is 0.886. The fourth-order valence-electron chi connectivity index (χ4n) is 0.845. The van der Waals surface area contributed by atoms with Crippen LogP contribution in [0.3, 0.4) is 0 Å². The molecular formula is C13H8O. The largest absolute Gasteiger partial charge is 0.497 e. The first-order chi connectivity index (χ1) is 6.86. The van der Waals surface area contributed by atoms with Crippen LogP contribution in [0, 0.1) is 36.0 Å². The van der Waals surface area contributed by atoms with Crippen LogP contribution in [0.25, 0.3) is 0 Å². The Balaban J connectivity index is 2.77. The minimum atomic E-state index is 0.810. The van der Waals surface area contributed by atoms with Crippen LogP contribution in [0.2, 0.25) is 0 Å². The topological polar surface area (TPSA) is 9.23 Å². The zero-order valence-corrected chi connectivity index (χ0v) is 7.79. The Hall–Kier alpha value is -2.30. The maximum atomic E-state index is 5.01. The molecule has 1 aromatic rings. The van der Waals surface area contributed by atoms with E-state index in [1.807, 2.05) is 24.3 Å². The van der Waals surface area contributed by atoms with Crippen LogP contribution in [0.5, 0.6) is 5.75 Å². The Morgan fingerprint density at radius 1 is 1.07 bits per heavy atom.